The van der Waals surface area contributed by atoms with Crippen LogP contribution >= 0.6 is 0 Å². The average molecular weight is 753 g/mol. The molecule has 1 aromatic carbocycles. The summed E-state index contributed by atoms with van der Waals surface area (Å²) in [6.45, 7) is 14.7. The molecule has 0 bridgehead atoms. The second-order valence-corrected chi connectivity index (χ2v) is 18.9. The molecule has 0 saturated carbocycles. The van der Waals surface area contributed by atoms with Gasteiger partial charge in [0.25, 0.3) is 17.4 Å². The minimum Gasteiger partial charge on any atom is -0.464 e. The van der Waals surface area contributed by atoms with Gasteiger partial charge in [-0.15, -0.1) is 10.2 Å². The van der Waals surface area contributed by atoms with Crippen LogP contribution in [0.4, 0.5) is 41.2 Å². The number of halogens is 7. The van der Waals surface area contributed by atoms with E-state index < -0.39 is 89.7 Å². The Morgan fingerprint density at radius 2 is 1.59 bits per heavy atom. The molecule has 1 amide bonds. The van der Waals surface area contributed by atoms with E-state index in [1.54, 1.807) is 0 Å². The number of aliphatic hydroxyl groups is 1. The summed E-state index contributed by atoms with van der Waals surface area (Å²) in [5.74, 6) is -5.86. The molecule has 1 unspecified atom stereocenters. The Bertz CT molecular complexity index is 1750. The second kappa shape index (κ2) is 14.5. The molecule has 2 heterocycles. The summed E-state index contributed by atoms with van der Waals surface area (Å²) in [4.78, 5) is 28.4. The minimum atomic E-state index is -5.70. The smallest absolute Gasteiger partial charge is 0.430 e. The summed E-state index contributed by atoms with van der Waals surface area (Å²) in [6, 6.07) is 2.96. The van der Waals surface area contributed by atoms with Gasteiger partial charge < -0.3 is 23.4 Å². The van der Waals surface area contributed by atoms with Gasteiger partial charge in [-0.1, -0.05) is 26.8 Å². The van der Waals surface area contributed by atoms with Crippen LogP contribution in [-0.2, 0) is 32.1 Å². The number of benzene rings is 1. The number of methoxy groups -OCH3 is 1. The Morgan fingerprint density at radius 3 is 2.12 bits per heavy atom. The van der Waals surface area contributed by atoms with Gasteiger partial charge in [-0.05, 0) is 75.5 Å². The Kier molecular flexibility index (Phi) is 11.7. The number of amides is 1. The zero-order valence-corrected chi connectivity index (χ0v) is 30.3. The molecule has 0 radical (unpaired) electrons. The molecule has 0 fully saturated rings. The van der Waals surface area contributed by atoms with Crippen molar-refractivity contribution in [1.29, 1.82) is 0 Å². The second-order valence-electron chi connectivity index (χ2n) is 14.0. The van der Waals surface area contributed by atoms with E-state index in [2.05, 4.69) is 19.9 Å². The van der Waals surface area contributed by atoms with Crippen molar-refractivity contribution in [2.75, 3.05) is 19.0 Å². The number of nitrogens with one attached hydrogen (secondary N) is 1. The highest BCUT2D eigenvalue weighted by atomic mass is 28.4. The fourth-order valence-electron chi connectivity index (χ4n) is 4.33. The molecule has 0 saturated heterocycles. The van der Waals surface area contributed by atoms with Gasteiger partial charge in [0, 0.05) is 12.2 Å². The van der Waals surface area contributed by atoms with E-state index in [4.69, 9.17) is 13.6 Å². The van der Waals surface area contributed by atoms with Crippen molar-refractivity contribution < 1.29 is 63.7 Å². The summed E-state index contributed by atoms with van der Waals surface area (Å²) in [6.07, 6.45) is -11.8. The molecule has 19 heteroatoms. The zero-order chi connectivity index (χ0) is 39.0. The predicted molar refractivity (Wildman–Crippen MR) is 171 cm³/mol. The topological polar surface area (TPSA) is 146 Å². The third-order valence-corrected chi connectivity index (χ3v) is 12.5. The monoisotopic (exact) mass is 752 g/mol. The third kappa shape index (κ3) is 9.42. The zero-order valence-electron chi connectivity index (χ0n) is 29.3. The number of aromatic nitrogens is 3. The van der Waals surface area contributed by atoms with Crippen LogP contribution in [0.2, 0.25) is 18.1 Å². The maximum atomic E-state index is 15.2. The van der Waals surface area contributed by atoms with Crippen LogP contribution in [0.25, 0.3) is 11.6 Å². The van der Waals surface area contributed by atoms with Crippen molar-refractivity contribution in [2.45, 2.75) is 96.1 Å². The summed E-state index contributed by atoms with van der Waals surface area (Å²) >= 11 is 0. The lowest BCUT2D eigenvalue weighted by Gasteiger charge is -2.36. The molecule has 2 aromatic heterocycles. The molecule has 11 nitrogen and oxygen atoms in total. The highest BCUT2D eigenvalue weighted by molar-refractivity contribution is 6.74. The van der Waals surface area contributed by atoms with E-state index in [0.717, 1.165) is 19.2 Å². The molecule has 0 aliphatic heterocycles. The van der Waals surface area contributed by atoms with Gasteiger partial charge >= 0.3 is 24.4 Å². The first-order valence-electron chi connectivity index (χ1n) is 15.4. The lowest BCUT2D eigenvalue weighted by molar-refractivity contribution is -0.256. The number of rotatable bonds is 10. The number of aryl methyl sites for hydroxylation is 1. The van der Waals surface area contributed by atoms with Crippen molar-refractivity contribution in [3.05, 3.63) is 58.4 Å². The number of ether oxygens (including phenoxy) is 2. The number of carbonyl (C=O) groups excluding carboxylic acids is 2. The SMILES string of the molecule is COC(=O)c1nc(-c2nnc(C(O)(c3cc(CCCO[Si](C)(C)C(C)(C)C)ccc3F)C(F)(F)F)o2)c(NC(=O)OC(C)(C)C)cc1C(F)(F)F. The largest absolute Gasteiger partial charge is 0.464 e. The van der Waals surface area contributed by atoms with Gasteiger partial charge in [0.15, 0.2) is 19.7 Å². The predicted octanol–water partition coefficient (Wildman–Crippen LogP) is 8.18. The Labute approximate surface area is 290 Å². The third-order valence-electron chi connectivity index (χ3n) is 7.99. The Morgan fingerprint density at radius 1 is 0.961 bits per heavy atom. The molecule has 1 atom stereocenters. The average Bonchev–Trinajstić information content (AvgIpc) is 3.47. The number of anilines is 1. The van der Waals surface area contributed by atoms with Crippen LogP contribution in [0.15, 0.2) is 28.7 Å². The quantitative estimate of drug-likeness (QED) is 0.0900. The summed E-state index contributed by atoms with van der Waals surface area (Å²) in [7, 11) is -1.38. The molecule has 3 aromatic rings. The number of pyridine rings is 1. The maximum absolute atomic E-state index is 15.2. The lowest BCUT2D eigenvalue weighted by atomic mass is 9.90. The molecule has 0 spiro atoms. The first kappa shape index (κ1) is 41.3. The number of alkyl halides is 6. The number of nitrogens with zero attached hydrogens (tertiary/aromatic N) is 3. The van der Waals surface area contributed by atoms with E-state index in [-0.39, 0.29) is 29.7 Å². The first-order chi connectivity index (χ1) is 23.1. The highest BCUT2D eigenvalue weighted by Crippen LogP contribution is 2.46. The van der Waals surface area contributed by atoms with Crippen LogP contribution in [-0.4, -0.2) is 66.2 Å². The lowest BCUT2D eigenvalue weighted by Crippen LogP contribution is -2.44. The van der Waals surface area contributed by atoms with Crippen LogP contribution < -0.4 is 5.32 Å². The van der Waals surface area contributed by atoms with Crippen molar-refractivity contribution in [3.63, 3.8) is 0 Å². The van der Waals surface area contributed by atoms with Crippen molar-refractivity contribution in [1.82, 2.24) is 15.2 Å². The summed E-state index contributed by atoms with van der Waals surface area (Å²) < 4.78 is 122. The van der Waals surface area contributed by atoms with Gasteiger partial charge in [-0.2, -0.15) is 26.3 Å². The van der Waals surface area contributed by atoms with Crippen molar-refractivity contribution in [2.24, 2.45) is 0 Å². The van der Waals surface area contributed by atoms with Crippen LogP contribution in [0, 0.1) is 5.82 Å². The van der Waals surface area contributed by atoms with E-state index in [9.17, 15) is 41.0 Å². The fraction of sp³-hybridized carbons (Fsp3) is 0.531. The molecule has 0 aliphatic rings. The van der Waals surface area contributed by atoms with Crippen LogP contribution in [0.5, 0.6) is 0 Å². The summed E-state index contributed by atoms with van der Waals surface area (Å²) in [5, 5.41) is 19.7. The first-order valence-corrected chi connectivity index (χ1v) is 18.3. The molecule has 2 N–H and O–H groups in total. The van der Waals surface area contributed by atoms with Gasteiger partial charge in [-0.25, -0.2) is 19.0 Å². The van der Waals surface area contributed by atoms with E-state index in [1.165, 1.54) is 26.8 Å². The van der Waals surface area contributed by atoms with Gasteiger partial charge in [0.2, 0.25) is 0 Å². The molecule has 282 valence electrons. The highest BCUT2D eigenvalue weighted by Gasteiger charge is 2.62. The molecule has 51 heavy (non-hydrogen) atoms. The van der Waals surface area contributed by atoms with Crippen molar-refractivity contribution in [3.8, 4) is 11.6 Å². The Hall–Kier alpha value is -4.10. The molecule has 0 aliphatic carbocycles. The number of hydrogen-bond acceptors (Lipinski definition) is 10. The normalized spacial score (nSPS) is 14.2. The standard InChI is InChI=1S/C32H39F7N4O7Si/c1-28(2,3)50-27(45)40-21-16-19(31(34,35)36)22(25(44)47-7)41-23(21)24-42-43-26(49-24)30(46,32(37,38)39)18-15-17(12-13-20(18)33)11-10-14-48-51(8,9)29(4,5)6/h12-13,15-16,46H,10-11,14H2,1-9H3,(H,40,45). The van der Waals surface area contributed by atoms with Crippen LogP contribution in [0.3, 0.4) is 0 Å². The molecule has 3 rings (SSSR count). The number of hydrogen-bond donors (Lipinski definition) is 2. The Balaban J connectivity index is 2.14. The van der Waals surface area contributed by atoms with Gasteiger partial charge in [-0.3, -0.25) is 5.32 Å². The fourth-order valence-corrected chi connectivity index (χ4v) is 5.42. The maximum Gasteiger partial charge on any atom is 0.430 e. The molecular formula is C32H39F7N4O7Si. The summed E-state index contributed by atoms with van der Waals surface area (Å²) in [5.41, 5.74) is -11.5. The van der Waals surface area contributed by atoms with Gasteiger partial charge in [0.05, 0.1) is 18.4 Å². The number of carbonyl (C=O) groups is 2. The van der Waals surface area contributed by atoms with Crippen molar-refractivity contribution >= 4 is 26.1 Å². The minimum absolute atomic E-state index is 0.0918. The van der Waals surface area contributed by atoms with E-state index in [0.29, 0.717) is 6.42 Å². The van der Waals surface area contributed by atoms with E-state index in [1.807, 2.05) is 39.2 Å². The van der Waals surface area contributed by atoms with E-state index >= 15 is 4.39 Å². The van der Waals surface area contributed by atoms with Gasteiger partial charge in [0.1, 0.15) is 11.4 Å². The molecular weight excluding hydrogens is 713 g/mol. The number of esters is 1. The van der Waals surface area contributed by atoms with Crippen LogP contribution in [0.1, 0.15) is 81.0 Å².